The second-order valence-corrected chi connectivity index (χ2v) is 5.79. The first-order chi connectivity index (χ1) is 10.1. The van der Waals surface area contributed by atoms with E-state index in [4.69, 9.17) is 21.1 Å². The van der Waals surface area contributed by atoms with Crippen LogP contribution in [-0.2, 0) is 0 Å². The third-order valence-corrected chi connectivity index (χ3v) is 4.26. The Morgan fingerprint density at radius 3 is 2.43 bits per heavy atom. The third-order valence-electron chi connectivity index (χ3n) is 3.31. The Hall–Kier alpha value is -1.23. The second kappa shape index (κ2) is 7.16. The highest BCUT2D eigenvalue weighted by Crippen LogP contribution is 2.36. The van der Waals surface area contributed by atoms with Gasteiger partial charge in [-0.15, -0.1) is 0 Å². The summed E-state index contributed by atoms with van der Waals surface area (Å²) in [4.78, 5) is 0. The Kier molecular flexibility index (Phi) is 5.51. The zero-order valence-electron chi connectivity index (χ0n) is 12.1. The van der Waals surface area contributed by atoms with Gasteiger partial charge in [-0.05, 0) is 49.0 Å². The monoisotopic (exact) mass is 369 g/mol. The molecule has 0 amide bonds. The first-order valence-electron chi connectivity index (χ1n) is 6.44. The molecule has 0 saturated heterocycles. The Bertz CT molecular complexity index is 634. The van der Waals surface area contributed by atoms with Gasteiger partial charge in [0.15, 0.2) is 0 Å². The fourth-order valence-electron chi connectivity index (χ4n) is 2.28. The van der Waals surface area contributed by atoms with Crippen LogP contribution < -0.4 is 14.8 Å². The number of hydrogen-bond acceptors (Lipinski definition) is 3. The molecule has 1 atom stereocenters. The summed E-state index contributed by atoms with van der Waals surface area (Å²) in [6, 6.07) is 11.4. The minimum Gasteiger partial charge on any atom is -0.497 e. The highest BCUT2D eigenvalue weighted by molar-refractivity contribution is 9.10. The van der Waals surface area contributed by atoms with E-state index in [0.29, 0.717) is 5.02 Å². The zero-order valence-corrected chi connectivity index (χ0v) is 14.5. The summed E-state index contributed by atoms with van der Waals surface area (Å²) < 4.78 is 11.8. The Morgan fingerprint density at radius 1 is 1.05 bits per heavy atom. The predicted molar refractivity (Wildman–Crippen MR) is 89.6 cm³/mol. The second-order valence-electron chi connectivity index (χ2n) is 4.50. The summed E-state index contributed by atoms with van der Waals surface area (Å²) in [5.41, 5.74) is 2.03. The van der Waals surface area contributed by atoms with Crippen molar-refractivity contribution in [3.63, 3.8) is 0 Å². The molecule has 1 unspecified atom stereocenters. The molecule has 21 heavy (non-hydrogen) atoms. The molecule has 0 aliphatic carbocycles. The first-order valence-corrected chi connectivity index (χ1v) is 7.62. The van der Waals surface area contributed by atoms with Gasteiger partial charge in [0, 0.05) is 15.1 Å². The van der Waals surface area contributed by atoms with E-state index in [2.05, 4.69) is 21.2 Å². The SMILES string of the molecule is CNC(c1cc(Cl)ccc1Br)c1cc(OC)ccc1OC. The van der Waals surface area contributed by atoms with Gasteiger partial charge in [0.1, 0.15) is 11.5 Å². The maximum atomic E-state index is 6.13. The molecule has 0 aliphatic rings. The predicted octanol–water partition coefficient (Wildman–Crippen LogP) is 4.43. The normalized spacial score (nSPS) is 12.0. The molecule has 1 N–H and O–H groups in total. The lowest BCUT2D eigenvalue weighted by Gasteiger charge is -2.22. The van der Waals surface area contributed by atoms with E-state index in [9.17, 15) is 0 Å². The van der Waals surface area contributed by atoms with E-state index in [-0.39, 0.29) is 6.04 Å². The third kappa shape index (κ3) is 3.51. The number of nitrogens with one attached hydrogen (secondary N) is 1. The molecule has 2 aromatic carbocycles. The standard InChI is InChI=1S/C16H17BrClNO2/c1-19-16(12-8-10(18)4-6-14(12)17)13-9-11(20-2)5-7-15(13)21-3/h4-9,16,19H,1-3H3. The van der Waals surface area contributed by atoms with Crippen LogP contribution in [0.15, 0.2) is 40.9 Å². The molecule has 0 fully saturated rings. The molecule has 0 heterocycles. The minimum atomic E-state index is -0.0666. The lowest BCUT2D eigenvalue weighted by atomic mass is 9.97. The highest BCUT2D eigenvalue weighted by Gasteiger charge is 2.20. The van der Waals surface area contributed by atoms with Gasteiger partial charge in [0.2, 0.25) is 0 Å². The molecular weight excluding hydrogens is 354 g/mol. The van der Waals surface area contributed by atoms with Crippen LogP contribution in [0.25, 0.3) is 0 Å². The van der Waals surface area contributed by atoms with E-state index in [1.54, 1.807) is 14.2 Å². The Labute approximate surface area is 138 Å². The zero-order chi connectivity index (χ0) is 15.4. The average Bonchev–Trinajstić information content (AvgIpc) is 2.51. The number of hydrogen-bond donors (Lipinski definition) is 1. The summed E-state index contributed by atoms with van der Waals surface area (Å²) in [6.07, 6.45) is 0. The molecule has 0 radical (unpaired) electrons. The lowest BCUT2D eigenvalue weighted by molar-refractivity contribution is 0.395. The summed E-state index contributed by atoms with van der Waals surface area (Å²) in [7, 11) is 5.21. The van der Waals surface area contributed by atoms with Crippen LogP contribution in [-0.4, -0.2) is 21.3 Å². The van der Waals surface area contributed by atoms with Crippen LogP contribution in [0.2, 0.25) is 5.02 Å². The van der Waals surface area contributed by atoms with Crippen molar-refractivity contribution in [3.05, 3.63) is 57.0 Å². The van der Waals surface area contributed by atoms with Gasteiger partial charge >= 0.3 is 0 Å². The topological polar surface area (TPSA) is 30.5 Å². The number of methoxy groups -OCH3 is 2. The molecule has 0 saturated carbocycles. The fraction of sp³-hybridized carbons (Fsp3) is 0.250. The van der Waals surface area contributed by atoms with Crippen LogP contribution in [0.3, 0.4) is 0 Å². The highest BCUT2D eigenvalue weighted by atomic mass is 79.9. The smallest absolute Gasteiger partial charge is 0.124 e. The van der Waals surface area contributed by atoms with Gasteiger partial charge in [0.05, 0.1) is 20.3 Å². The number of rotatable bonds is 5. The molecule has 0 bridgehead atoms. The Balaban J connectivity index is 2.57. The summed E-state index contributed by atoms with van der Waals surface area (Å²) in [6.45, 7) is 0. The van der Waals surface area contributed by atoms with Crippen LogP contribution in [0.5, 0.6) is 11.5 Å². The molecule has 112 valence electrons. The fourth-order valence-corrected chi connectivity index (χ4v) is 2.94. The summed E-state index contributed by atoms with van der Waals surface area (Å²) >= 11 is 9.71. The summed E-state index contributed by atoms with van der Waals surface area (Å²) in [5, 5.41) is 3.99. The lowest BCUT2D eigenvalue weighted by Crippen LogP contribution is -2.19. The van der Waals surface area contributed by atoms with Gasteiger partial charge in [0.25, 0.3) is 0 Å². The van der Waals surface area contributed by atoms with Crippen molar-refractivity contribution in [2.24, 2.45) is 0 Å². The molecule has 2 aromatic rings. The Morgan fingerprint density at radius 2 is 1.81 bits per heavy atom. The first kappa shape index (κ1) is 16.1. The van der Waals surface area contributed by atoms with Crippen molar-refractivity contribution < 1.29 is 9.47 Å². The summed E-state index contributed by atoms with van der Waals surface area (Å²) in [5.74, 6) is 1.58. The minimum absolute atomic E-state index is 0.0666. The van der Waals surface area contributed by atoms with Gasteiger partial charge < -0.3 is 14.8 Å². The number of halogens is 2. The van der Waals surface area contributed by atoms with Crippen molar-refractivity contribution in [2.75, 3.05) is 21.3 Å². The van der Waals surface area contributed by atoms with Gasteiger partial charge in [-0.25, -0.2) is 0 Å². The van der Waals surface area contributed by atoms with E-state index in [1.807, 2.05) is 43.4 Å². The van der Waals surface area contributed by atoms with Gasteiger partial charge in [-0.3, -0.25) is 0 Å². The van der Waals surface area contributed by atoms with E-state index < -0.39 is 0 Å². The molecule has 3 nitrogen and oxygen atoms in total. The van der Waals surface area contributed by atoms with Crippen molar-refractivity contribution >= 4 is 27.5 Å². The van der Waals surface area contributed by atoms with Crippen LogP contribution in [0, 0.1) is 0 Å². The quantitative estimate of drug-likeness (QED) is 0.844. The van der Waals surface area contributed by atoms with Crippen molar-refractivity contribution in [2.45, 2.75) is 6.04 Å². The molecule has 0 aromatic heterocycles. The molecular formula is C16H17BrClNO2. The largest absolute Gasteiger partial charge is 0.497 e. The maximum absolute atomic E-state index is 6.13. The van der Waals surface area contributed by atoms with Crippen molar-refractivity contribution in [1.82, 2.24) is 5.32 Å². The van der Waals surface area contributed by atoms with Crippen LogP contribution in [0.1, 0.15) is 17.2 Å². The van der Waals surface area contributed by atoms with Gasteiger partial charge in [-0.2, -0.15) is 0 Å². The maximum Gasteiger partial charge on any atom is 0.124 e. The van der Waals surface area contributed by atoms with Crippen LogP contribution >= 0.6 is 27.5 Å². The molecule has 5 heteroatoms. The van der Waals surface area contributed by atoms with Crippen LogP contribution in [0.4, 0.5) is 0 Å². The van der Waals surface area contributed by atoms with Crippen molar-refractivity contribution in [3.8, 4) is 11.5 Å². The molecule has 0 spiro atoms. The van der Waals surface area contributed by atoms with E-state index >= 15 is 0 Å². The number of ether oxygens (including phenoxy) is 2. The van der Waals surface area contributed by atoms with E-state index in [1.165, 1.54) is 0 Å². The van der Waals surface area contributed by atoms with Crippen molar-refractivity contribution in [1.29, 1.82) is 0 Å². The number of benzene rings is 2. The average molecular weight is 371 g/mol. The molecule has 2 rings (SSSR count). The molecule has 0 aliphatic heterocycles. The van der Waals surface area contributed by atoms with E-state index in [0.717, 1.165) is 27.1 Å². The van der Waals surface area contributed by atoms with Gasteiger partial charge in [-0.1, -0.05) is 27.5 Å².